The van der Waals surface area contributed by atoms with Gasteiger partial charge in [0.25, 0.3) is 0 Å². The van der Waals surface area contributed by atoms with Crippen molar-refractivity contribution in [1.82, 2.24) is 15.6 Å². The molecule has 0 bridgehead atoms. The Morgan fingerprint density at radius 1 is 1.27 bits per heavy atom. The standard InChI is InChI=1S/C16H18ClF3N4S.HI/c1-2-21-15(22-8-7-11-5-3-4-6-12(11)17)23-9-14-24-13(10-25-14)16(18,19)20;/h3-6,10H,2,7-9H2,1H3,(H2,21,22,23);1H. The number of alkyl halides is 3. The Balaban J connectivity index is 0.00000338. The van der Waals surface area contributed by atoms with E-state index in [-0.39, 0.29) is 30.5 Å². The van der Waals surface area contributed by atoms with E-state index in [0.29, 0.717) is 35.5 Å². The molecule has 0 aliphatic carbocycles. The first kappa shape index (κ1) is 23.0. The molecule has 2 N–H and O–H groups in total. The second kappa shape index (κ2) is 10.9. The van der Waals surface area contributed by atoms with E-state index in [2.05, 4.69) is 20.6 Å². The highest BCUT2D eigenvalue weighted by Gasteiger charge is 2.33. The Morgan fingerprint density at radius 3 is 2.62 bits per heavy atom. The molecule has 4 nitrogen and oxygen atoms in total. The van der Waals surface area contributed by atoms with Gasteiger partial charge < -0.3 is 10.6 Å². The molecule has 0 unspecified atom stereocenters. The van der Waals surface area contributed by atoms with E-state index in [1.54, 1.807) is 0 Å². The summed E-state index contributed by atoms with van der Waals surface area (Å²) >= 11 is 7.06. The highest BCUT2D eigenvalue weighted by atomic mass is 127. The van der Waals surface area contributed by atoms with Gasteiger partial charge in [-0.25, -0.2) is 9.98 Å². The number of guanidine groups is 1. The van der Waals surface area contributed by atoms with E-state index >= 15 is 0 Å². The summed E-state index contributed by atoms with van der Waals surface area (Å²) in [6.45, 7) is 3.24. The molecule has 0 fully saturated rings. The molecule has 10 heteroatoms. The van der Waals surface area contributed by atoms with Crippen LogP contribution in [-0.2, 0) is 19.1 Å². The normalized spacial score (nSPS) is 11.8. The van der Waals surface area contributed by atoms with E-state index < -0.39 is 11.9 Å². The van der Waals surface area contributed by atoms with Gasteiger partial charge in [-0.3, -0.25) is 0 Å². The summed E-state index contributed by atoms with van der Waals surface area (Å²) in [6, 6.07) is 7.56. The molecule has 2 aromatic rings. The van der Waals surface area contributed by atoms with E-state index in [9.17, 15) is 13.2 Å². The molecule has 1 heterocycles. The summed E-state index contributed by atoms with van der Waals surface area (Å²) in [5.41, 5.74) is 0.140. The van der Waals surface area contributed by atoms with Crippen molar-refractivity contribution in [3.8, 4) is 0 Å². The summed E-state index contributed by atoms with van der Waals surface area (Å²) in [5.74, 6) is 0.526. The molecule has 0 radical (unpaired) electrons. The Morgan fingerprint density at radius 2 is 2.00 bits per heavy atom. The first-order valence-electron chi connectivity index (χ1n) is 7.67. The van der Waals surface area contributed by atoms with Gasteiger partial charge in [-0.1, -0.05) is 29.8 Å². The Labute approximate surface area is 176 Å². The minimum Gasteiger partial charge on any atom is -0.357 e. The zero-order valence-corrected chi connectivity index (χ0v) is 17.8. The molecule has 26 heavy (non-hydrogen) atoms. The summed E-state index contributed by atoms with van der Waals surface area (Å²) in [6.07, 6.45) is -3.71. The molecule has 0 atom stereocenters. The average molecular weight is 519 g/mol. The number of hydrogen-bond donors (Lipinski definition) is 2. The lowest BCUT2D eigenvalue weighted by atomic mass is 10.1. The topological polar surface area (TPSA) is 49.3 Å². The average Bonchev–Trinajstić information content (AvgIpc) is 3.03. The molecule has 144 valence electrons. The van der Waals surface area contributed by atoms with Crippen LogP contribution in [0, 0.1) is 0 Å². The van der Waals surface area contributed by atoms with Crippen molar-refractivity contribution in [2.45, 2.75) is 26.1 Å². The number of benzene rings is 1. The quantitative estimate of drug-likeness (QED) is 0.330. The summed E-state index contributed by atoms with van der Waals surface area (Å²) in [5, 5.41) is 8.21. The first-order valence-corrected chi connectivity index (χ1v) is 8.93. The van der Waals surface area contributed by atoms with Gasteiger partial charge in [-0.2, -0.15) is 13.2 Å². The van der Waals surface area contributed by atoms with Gasteiger partial charge in [0.15, 0.2) is 11.7 Å². The molecule has 1 aromatic heterocycles. The van der Waals surface area contributed by atoms with E-state index in [4.69, 9.17) is 11.6 Å². The minimum absolute atomic E-state index is 0. The smallest absolute Gasteiger partial charge is 0.357 e. The number of nitrogens with zero attached hydrogens (tertiary/aromatic N) is 2. The maximum Gasteiger partial charge on any atom is 0.434 e. The number of thiazole rings is 1. The third kappa shape index (κ3) is 7.28. The zero-order valence-electron chi connectivity index (χ0n) is 13.9. The number of rotatable bonds is 6. The van der Waals surface area contributed by atoms with Crippen molar-refractivity contribution in [3.05, 3.63) is 50.9 Å². The fourth-order valence-corrected chi connectivity index (χ4v) is 2.97. The van der Waals surface area contributed by atoms with Crippen LogP contribution in [0.15, 0.2) is 34.6 Å². The lowest BCUT2D eigenvalue weighted by Crippen LogP contribution is -2.38. The Kier molecular flexibility index (Phi) is 9.66. The lowest BCUT2D eigenvalue weighted by molar-refractivity contribution is -0.140. The molecular formula is C16H19ClF3IN4S. The molecule has 0 aliphatic rings. The maximum atomic E-state index is 12.6. The summed E-state index contributed by atoms with van der Waals surface area (Å²) in [7, 11) is 0. The Hall–Kier alpha value is -1.07. The first-order chi connectivity index (χ1) is 11.9. The SMILES string of the molecule is CCNC(=NCc1nc(C(F)(F)F)cs1)NCCc1ccccc1Cl.I. The lowest BCUT2D eigenvalue weighted by Gasteiger charge is -2.11. The molecule has 0 saturated carbocycles. The molecule has 0 amide bonds. The van der Waals surface area contributed by atoms with Crippen LogP contribution in [0.1, 0.15) is 23.2 Å². The van der Waals surface area contributed by atoms with Crippen molar-refractivity contribution in [2.75, 3.05) is 13.1 Å². The fourth-order valence-electron chi connectivity index (χ4n) is 2.02. The molecule has 1 aromatic carbocycles. The highest BCUT2D eigenvalue weighted by molar-refractivity contribution is 14.0. The molecule has 0 spiro atoms. The van der Waals surface area contributed by atoms with Gasteiger partial charge >= 0.3 is 6.18 Å². The molecule has 0 saturated heterocycles. The number of aliphatic imine (C=N–C) groups is 1. The van der Waals surface area contributed by atoms with E-state index in [0.717, 1.165) is 22.3 Å². The molecule has 0 aliphatic heterocycles. The third-order valence-corrected chi connectivity index (χ3v) is 4.41. The third-order valence-electron chi connectivity index (χ3n) is 3.20. The van der Waals surface area contributed by atoms with Crippen LogP contribution in [0.4, 0.5) is 13.2 Å². The fraction of sp³-hybridized carbons (Fsp3) is 0.375. The van der Waals surface area contributed by atoms with Crippen LogP contribution in [0.5, 0.6) is 0 Å². The number of hydrogen-bond acceptors (Lipinski definition) is 3. The Bertz CT molecular complexity index is 722. The highest BCUT2D eigenvalue weighted by Crippen LogP contribution is 2.30. The maximum absolute atomic E-state index is 12.6. The van der Waals surface area contributed by atoms with Gasteiger partial charge in [-0.05, 0) is 25.0 Å². The molecular weight excluding hydrogens is 500 g/mol. The number of halogens is 5. The number of aromatic nitrogens is 1. The molecule has 2 rings (SSSR count). The predicted octanol–water partition coefficient (Wildman–Crippen LogP) is 4.73. The van der Waals surface area contributed by atoms with Gasteiger partial charge in [0, 0.05) is 23.5 Å². The second-order valence-corrected chi connectivity index (χ2v) is 6.44. The van der Waals surface area contributed by atoms with Crippen molar-refractivity contribution >= 4 is 52.9 Å². The summed E-state index contributed by atoms with van der Waals surface area (Å²) < 4.78 is 37.7. The van der Waals surface area contributed by atoms with Gasteiger partial charge in [0.1, 0.15) is 5.01 Å². The van der Waals surface area contributed by atoms with Crippen molar-refractivity contribution in [1.29, 1.82) is 0 Å². The monoisotopic (exact) mass is 518 g/mol. The van der Waals surface area contributed by atoms with Crippen LogP contribution in [0.2, 0.25) is 5.02 Å². The van der Waals surface area contributed by atoms with Crippen LogP contribution < -0.4 is 10.6 Å². The van der Waals surface area contributed by atoms with E-state index in [1.165, 1.54) is 0 Å². The second-order valence-electron chi connectivity index (χ2n) is 5.09. The van der Waals surface area contributed by atoms with Crippen molar-refractivity contribution < 1.29 is 13.2 Å². The van der Waals surface area contributed by atoms with Crippen molar-refractivity contribution in [3.63, 3.8) is 0 Å². The minimum atomic E-state index is -4.42. The van der Waals surface area contributed by atoms with Gasteiger partial charge in [0.05, 0.1) is 6.54 Å². The van der Waals surface area contributed by atoms with Crippen LogP contribution in [0.3, 0.4) is 0 Å². The van der Waals surface area contributed by atoms with Crippen LogP contribution >= 0.6 is 46.9 Å². The van der Waals surface area contributed by atoms with Crippen LogP contribution in [0.25, 0.3) is 0 Å². The zero-order chi connectivity index (χ0) is 18.3. The number of nitrogens with one attached hydrogen (secondary N) is 2. The van der Waals surface area contributed by atoms with Gasteiger partial charge in [-0.15, -0.1) is 35.3 Å². The summed E-state index contributed by atoms with van der Waals surface area (Å²) in [4.78, 5) is 7.84. The van der Waals surface area contributed by atoms with Crippen molar-refractivity contribution in [2.24, 2.45) is 4.99 Å². The van der Waals surface area contributed by atoms with Crippen LogP contribution in [-0.4, -0.2) is 24.0 Å². The predicted molar refractivity (Wildman–Crippen MR) is 111 cm³/mol. The van der Waals surface area contributed by atoms with Gasteiger partial charge in [0.2, 0.25) is 0 Å². The largest absolute Gasteiger partial charge is 0.434 e. The van der Waals surface area contributed by atoms with E-state index in [1.807, 2.05) is 31.2 Å².